The second-order valence-corrected chi connectivity index (χ2v) is 3.40. The molecule has 13 heavy (non-hydrogen) atoms. The van der Waals surface area contributed by atoms with Gasteiger partial charge in [0.2, 0.25) is 11.7 Å². The van der Waals surface area contributed by atoms with E-state index >= 15 is 0 Å². The van der Waals surface area contributed by atoms with Crippen molar-refractivity contribution in [2.45, 2.75) is 24.6 Å². The van der Waals surface area contributed by atoms with Crippen molar-refractivity contribution in [1.29, 1.82) is 0 Å². The first-order valence-corrected chi connectivity index (χ1v) is 4.21. The molecule has 2 unspecified atom stereocenters. The molecule has 1 fully saturated rings. The highest BCUT2D eigenvalue weighted by Gasteiger charge is 2.54. The molecule has 1 saturated heterocycles. The molecule has 0 aromatic carbocycles. The number of carbonyl (C=O) groups is 1. The maximum atomic E-state index is 11.3. The lowest BCUT2D eigenvalue weighted by atomic mass is 9.94. The molecule has 0 aromatic heterocycles. The van der Waals surface area contributed by atoms with Gasteiger partial charge in [-0.1, -0.05) is 0 Å². The second kappa shape index (κ2) is 2.43. The molecule has 6 heteroatoms. The number of amides is 1. The standard InChI is InChI=1S/C7H12N4O2/c8-4-2-1-3-11-6(9)10-5(12)7(4,11)13/h4,13H,1-3,8H2,(H2,9,10,12). The minimum Gasteiger partial charge on any atom is -0.369 e. The number of fused-ring (bicyclic) bond motifs is 1. The summed E-state index contributed by atoms with van der Waals surface area (Å²) in [5.41, 5.74) is 9.45. The van der Waals surface area contributed by atoms with Crippen LogP contribution in [0.25, 0.3) is 0 Å². The van der Waals surface area contributed by atoms with Gasteiger partial charge in [-0.25, -0.2) is 0 Å². The van der Waals surface area contributed by atoms with E-state index in [4.69, 9.17) is 11.5 Å². The van der Waals surface area contributed by atoms with Crippen LogP contribution in [-0.2, 0) is 4.79 Å². The van der Waals surface area contributed by atoms with Gasteiger partial charge in [0.25, 0.3) is 0 Å². The fraction of sp³-hybridized carbons (Fsp3) is 0.714. The average molecular weight is 184 g/mol. The normalized spacial score (nSPS) is 38.9. The minimum absolute atomic E-state index is 0.0719. The number of piperidine rings is 1. The third-order valence-electron chi connectivity index (χ3n) is 2.63. The van der Waals surface area contributed by atoms with Crippen LogP contribution in [0.1, 0.15) is 12.8 Å². The van der Waals surface area contributed by atoms with Crippen molar-refractivity contribution in [3.05, 3.63) is 0 Å². The Kier molecular flexibility index (Phi) is 1.58. The lowest BCUT2D eigenvalue weighted by Crippen LogP contribution is -2.66. The SMILES string of the molecule is NC1=NC(=O)C2(O)C(N)CCCN12. The smallest absolute Gasteiger partial charge is 0.303 e. The van der Waals surface area contributed by atoms with E-state index in [0.29, 0.717) is 13.0 Å². The molecule has 0 aromatic rings. The second-order valence-electron chi connectivity index (χ2n) is 3.40. The summed E-state index contributed by atoms with van der Waals surface area (Å²) in [5, 5.41) is 9.98. The molecule has 2 aliphatic rings. The highest BCUT2D eigenvalue weighted by molar-refractivity contribution is 6.04. The van der Waals surface area contributed by atoms with Crippen LogP contribution in [0.2, 0.25) is 0 Å². The maximum absolute atomic E-state index is 11.3. The molecule has 2 atom stereocenters. The van der Waals surface area contributed by atoms with Crippen molar-refractivity contribution in [3.8, 4) is 0 Å². The van der Waals surface area contributed by atoms with Gasteiger partial charge in [-0.05, 0) is 12.8 Å². The Morgan fingerprint density at radius 3 is 3.00 bits per heavy atom. The zero-order valence-corrected chi connectivity index (χ0v) is 7.10. The molecule has 6 nitrogen and oxygen atoms in total. The first-order chi connectivity index (χ1) is 6.06. The number of aliphatic imine (C=N–C) groups is 1. The zero-order chi connectivity index (χ0) is 9.64. The third-order valence-corrected chi connectivity index (χ3v) is 2.63. The molecule has 0 bridgehead atoms. The molecule has 5 N–H and O–H groups in total. The van der Waals surface area contributed by atoms with Crippen LogP contribution >= 0.6 is 0 Å². The number of rotatable bonds is 0. The lowest BCUT2D eigenvalue weighted by molar-refractivity contribution is -0.155. The van der Waals surface area contributed by atoms with Gasteiger partial charge in [0.05, 0.1) is 6.04 Å². The van der Waals surface area contributed by atoms with Gasteiger partial charge in [0.15, 0.2) is 0 Å². The van der Waals surface area contributed by atoms with Crippen LogP contribution in [-0.4, -0.2) is 40.2 Å². The number of guanidine groups is 1. The van der Waals surface area contributed by atoms with Crippen molar-refractivity contribution in [1.82, 2.24) is 4.90 Å². The molecular weight excluding hydrogens is 172 g/mol. The van der Waals surface area contributed by atoms with Crippen LogP contribution in [0.5, 0.6) is 0 Å². The van der Waals surface area contributed by atoms with Crippen molar-refractivity contribution in [2.75, 3.05) is 6.54 Å². The quantitative estimate of drug-likeness (QED) is 0.402. The molecule has 2 aliphatic heterocycles. The van der Waals surface area contributed by atoms with Gasteiger partial charge in [0, 0.05) is 6.54 Å². The maximum Gasteiger partial charge on any atom is 0.303 e. The van der Waals surface area contributed by atoms with E-state index in [1.165, 1.54) is 4.90 Å². The molecule has 2 heterocycles. The van der Waals surface area contributed by atoms with Gasteiger partial charge < -0.3 is 21.5 Å². The number of aliphatic hydroxyl groups is 1. The van der Waals surface area contributed by atoms with E-state index in [1.54, 1.807) is 0 Å². The van der Waals surface area contributed by atoms with Crippen molar-refractivity contribution < 1.29 is 9.90 Å². The van der Waals surface area contributed by atoms with Gasteiger partial charge in [-0.2, -0.15) is 4.99 Å². The number of carbonyl (C=O) groups excluding carboxylic acids is 1. The van der Waals surface area contributed by atoms with E-state index in [-0.39, 0.29) is 5.96 Å². The van der Waals surface area contributed by atoms with Crippen molar-refractivity contribution in [3.63, 3.8) is 0 Å². The monoisotopic (exact) mass is 184 g/mol. The summed E-state index contributed by atoms with van der Waals surface area (Å²) >= 11 is 0. The van der Waals surface area contributed by atoms with Crippen LogP contribution in [0.15, 0.2) is 4.99 Å². The molecule has 0 saturated carbocycles. The Morgan fingerprint density at radius 2 is 2.38 bits per heavy atom. The first-order valence-electron chi connectivity index (χ1n) is 4.21. The molecule has 2 rings (SSSR count). The number of hydrogen-bond acceptors (Lipinski definition) is 5. The van der Waals surface area contributed by atoms with E-state index in [1.807, 2.05) is 0 Å². The van der Waals surface area contributed by atoms with Crippen LogP contribution in [0.4, 0.5) is 0 Å². The molecule has 0 spiro atoms. The minimum atomic E-state index is -1.68. The summed E-state index contributed by atoms with van der Waals surface area (Å²) in [6.45, 7) is 0.533. The number of nitrogens with zero attached hydrogens (tertiary/aromatic N) is 2. The van der Waals surface area contributed by atoms with E-state index in [0.717, 1.165) is 6.42 Å². The molecule has 1 amide bonds. The van der Waals surface area contributed by atoms with Crippen LogP contribution in [0, 0.1) is 0 Å². The number of nitrogens with two attached hydrogens (primary N) is 2. The van der Waals surface area contributed by atoms with Gasteiger partial charge in [-0.3, -0.25) is 4.79 Å². The summed E-state index contributed by atoms with van der Waals surface area (Å²) in [6.07, 6.45) is 1.43. The summed E-state index contributed by atoms with van der Waals surface area (Å²) < 4.78 is 0. The third kappa shape index (κ3) is 0.895. The van der Waals surface area contributed by atoms with E-state index < -0.39 is 17.7 Å². The van der Waals surface area contributed by atoms with Crippen LogP contribution in [0.3, 0.4) is 0 Å². The largest absolute Gasteiger partial charge is 0.369 e. The van der Waals surface area contributed by atoms with Crippen molar-refractivity contribution in [2.24, 2.45) is 16.5 Å². The predicted molar refractivity (Wildman–Crippen MR) is 45.5 cm³/mol. The fourth-order valence-electron chi connectivity index (χ4n) is 1.85. The molecular formula is C7H12N4O2. The zero-order valence-electron chi connectivity index (χ0n) is 7.10. The molecule has 72 valence electrons. The van der Waals surface area contributed by atoms with Gasteiger partial charge >= 0.3 is 5.91 Å². The topological polar surface area (TPSA) is 105 Å². The molecule has 0 aliphatic carbocycles. The molecule has 0 radical (unpaired) electrons. The average Bonchev–Trinajstić information content (AvgIpc) is 2.29. The predicted octanol–water partition coefficient (Wildman–Crippen LogP) is -2.05. The number of hydrogen-bond donors (Lipinski definition) is 3. The Morgan fingerprint density at radius 1 is 1.69 bits per heavy atom. The highest BCUT2D eigenvalue weighted by atomic mass is 16.3. The van der Waals surface area contributed by atoms with Crippen LogP contribution < -0.4 is 11.5 Å². The summed E-state index contributed by atoms with van der Waals surface area (Å²) in [6, 6.07) is -0.599. The summed E-state index contributed by atoms with van der Waals surface area (Å²) in [4.78, 5) is 16.2. The summed E-state index contributed by atoms with van der Waals surface area (Å²) in [7, 11) is 0. The van der Waals surface area contributed by atoms with E-state index in [9.17, 15) is 9.90 Å². The Labute approximate surface area is 75.2 Å². The van der Waals surface area contributed by atoms with Crippen molar-refractivity contribution >= 4 is 11.9 Å². The van der Waals surface area contributed by atoms with Gasteiger partial charge in [0.1, 0.15) is 0 Å². The Hall–Kier alpha value is -1.14. The highest BCUT2D eigenvalue weighted by Crippen LogP contribution is 2.29. The Bertz CT molecular complexity index is 290. The summed E-state index contributed by atoms with van der Waals surface area (Å²) in [5.74, 6) is -0.570. The Balaban J connectivity index is 2.39. The first kappa shape index (κ1) is 8.46. The van der Waals surface area contributed by atoms with E-state index in [2.05, 4.69) is 4.99 Å². The fourth-order valence-corrected chi connectivity index (χ4v) is 1.85. The van der Waals surface area contributed by atoms with Gasteiger partial charge in [-0.15, -0.1) is 0 Å². The lowest BCUT2D eigenvalue weighted by Gasteiger charge is -2.40.